The number of aryl methyl sites for hydroxylation is 1. The number of nitrogens with one attached hydrogen (secondary N) is 3. The second-order valence-corrected chi connectivity index (χ2v) is 8.66. The summed E-state index contributed by atoms with van der Waals surface area (Å²) in [5, 5.41) is 18.2. The molecule has 2 heterocycles. The average molecular weight is 531 g/mol. The Balaban J connectivity index is 1.70. The van der Waals surface area contributed by atoms with Crippen molar-refractivity contribution in [2.75, 3.05) is 17.2 Å². The lowest BCUT2D eigenvalue weighted by molar-refractivity contribution is -0.137. The molecule has 2 aromatic heterocycles. The van der Waals surface area contributed by atoms with Crippen molar-refractivity contribution >= 4 is 52.6 Å². The lowest BCUT2D eigenvalue weighted by atomic mass is 10.1. The molecule has 1 atom stereocenters. The molecule has 0 fully saturated rings. The third-order valence-corrected chi connectivity index (χ3v) is 5.53. The number of halogens is 2. The number of rotatable bonds is 10. The van der Waals surface area contributed by atoms with Crippen molar-refractivity contribution in [1.29, 1.82) is 0 Å². The maximum Gasteiger partial charge on any atom is 0.326 e. The predicted molar refractivity (Wildman–Crippen MR) is 137 cm³/mol. The number of pyridine rings is 1. The quantitative estimate of drug-likeness (QED) is 0.307. The SMILES string of the molecule is CCCNC(=O)c1cc(C)nc(N[C@@H](Cc2ccc(NC(=O)c3c(Cl)cncc3Cl)cc2)C(=O)O)n1. The molecule has 0 radical (unpaired) electrons. The molecular weight excluding hydrogens is 507 g/mol. The molecule has 0 saturated heterocycles. The number of hydrogen-bond donors (Lipinski definition) is 4. The van der Waals surface area contributed by atoms with Crippen molar-refractivity contribution in [3.63, 3.8) is 0 Å². The molecule has 0 spiro atoms. The standard InChI is InChI=1S/C24H24Cl2N6O4/c1-3-8-28-21(33)18-9-13(2)29-24(31-18)32-19(23(35)36)10-14-4-6-15(7-5-14)30-22(34)20-16(25)11-27-12-17(20)26/h4-7,9,11-12,19H,3,8,10H2,1-2H3,(H,28,33)(H,30,34)(H,35,36)(H,29,31,32)/t19-/m0/s1. The highest BCUT2D eigenvalue weighted by Gasteiger charge is 2.21. The van der Waals surface area contributed by atoms with Crippen LogP contribution in [-0.2, 0) is 11.2 Å². The summed E-state index contributed by atoms with van der Waals surface area (Å²) in [6, 6.07) is 7.11. The average Bonchev–Trinajstić information content (AvgIpc) is 2.82. The van der Waals surface area contributed by atoms with Gasteiger partial charge in [0, 0.05) is 36.7 Å². The molecule has 3 aromatic rings. The molecule has 3 rings (SSSR count). The normalized spacial score (nSPS) is 11.4. The van der Waals surface area contributed by atoms with Crippen molar-refractivity contribution in [3.8, 4) is 0 Å². The number of amides is 2. The van der Waals surface area contributed by atoms with E-state index in [1.807, 2.05) is 6.92 Å². The van der Waals surface area contributed by atoms with Crippen LogP contribution in [0.2, 0.25) is 10.0 Å². The Hall–Kier alpha value is -3.76. The fourth-order valence-electron chi connectivity index (χ4n) is 3.22. The number of aromatic nitrogens is 3. The Morgan fingerprint density at radius 3 is 2.31 bits per heavy atom. The van der Waals surface area contributed by atoms with E-state index >= 15 is 0 Å². The van der Waals surface area contributed by atoms with Crippen LogP contribution in [0.5, 0.6) is 0 Å². The molecule has 0 aliphatic rings. The van der Waals surface area contributed by atoms with Crippen molar-refractivity contribution in [2.45, 2.75) is 32.7 Å². The van der Waals surface area contributed by atoms with E-state index in [1.54, 1.807) is 31.2 Å². The lowest BCUT2D eigenvalue weighted by Gasteiger charge is -2.16. The topological polar surface area (TPSA) is 146 Å². The van der Waals surface area contributed by atoms with Gasteiger partial charge in [0.25, 0.3) is 11.8 Å². The number of hydrogen-bond acceptors (Lipinski definition) is 7. The summed E-state index contributed by atoms with van der Waals surface area (Å²) in [6.07, 6.45) is 3.52. The second kappa shape index (κ2) is 12.3. The summed E-state index contributed by atoms with van der Waals surface area (Å²) >= 11 is 12.1. The van der Waals surface area contributed by atoms with E-state index < -0.39 is 17.9 Å². The first-order chi connectivity index (χ1) is 17.2. The van der Waals surface area contributed by atoms with Crippen LogP contribution in [0.3, 0.4) is 0 Å². The first-order valence-corrected chi connectivity index (χ1v) is 11.8. The zero-order valence-electron chi connectivity index (χ0n) is 19.5. The summed E-state index contributed by atoms with van der Waals surface area (Å²) in [7, 11) is 0. The van der Waals surface area contributed by atoms with Gasteiger partial charge in [-0.05, 0) is 37.1 Å². The number of carbonyl (C=O) groups is 3. The van der Waals surface area contributed by atoms with Crippen LogP contribution >= 0.6 is 23.2 Å². The minimum atomic E-state index is -1.11. The van der Waals surface area contributed by atoms with E-state index in [9.17, 15) is 19.5 Å². The van der Waals surface area contributed by atoms with Gasteiger partial charge in [-0.1, -0.05) is 42.3 Å². The van der Waals surface area contributed by atoms with Crippen LogP contribution in [0, 0.1) is 6.92 Å². The number of aliphatic carboxylic acids is 1. The van der Waals surface area contributed by atoms with E-state index in [-0.39, 0.29) is 39.6 Å². The zero-order valence-corrected chi connectivity index (χ0v) is 21.0. The maximum atomic E-state index is 12.5. The number of benzene rings is 1. The summed E-state index contributed by atoms with van der Waals surface area (Å²) in [6.45, 7) is 4.13. The van der Waals surface area contributed by atoms with Crippen LogP contribution in [0.4, 0.5) is 11.6 Å². The molecule has 1 aromatic carbocycles. The molecule has 10 nitrogen and oxygen atoms in total. The van der Waals surface area contributed by atoms with E-state index in [0.29, 0.717) is 23.5 Å². The van der Waals surface area contributed by atoms with E-state index in [1.165, 1.54) is 18.5 Å². The van der Waals surface area contributed by atoms with E-state index in [4.69, 9.17) is 23.2 Å². The first-order valence-electron chi connectivity index (χ1n) is 11.0. The highest BCUT2D eigenvalue weighted by Crippen LogP contribution is 2.24. The maximum absolute atomic E-state index is 12.5. The number of carboxylic acids is 1. The van der Waals surface area contributed by atoms with Crippen LogP contribution in [0.25, 0.3) is 0 Å². The summed E-state index contributed by atoms with van der Waals surface area (Å²) in [5.41, 5.74) is 1.93. The molecular formula is C24H24Cl2N6O4. The number of anilines is 2. The van der Waals surface area contributed by atoms with Crippen molar-refractivity contribution in [1.82, 2.24) is 20.3 Å². The molecule has 2 amide bonds. The fourth-order valence-corrected chi connectivity index (χ4v) is 3.75. The first kappa shape index (κ1) is 26.8. The smallest absolute Gasteiger partial charge is 0.326 e. The number of carboxylic acid groups (broad SMARTS) is 1. The van der Waals surface area contributed by atoms with Gasteiger partial charge in [0.05, 0.1) is 15.6 Å². The minimum absolute atomic E-state index is 0.0408. The number of nitrogens with zero attached hydrogens (tertiary/aromatic N) is 3. The zero-order chi connectivity index (χ0) is 26.2. The third-order valence-electron chi connectivity index (χ3n) is 4.96. The summed E-state index contributed by atoms with van der Waals surface area (Å²) in [4.78, 5) is 48.9. The van der Waals surface area contributed by atoms with E-state index in [0.717, 1.165) is 6.42 Å². The Labute approximate surface area is 217 Å². The second-order valence-electron chi connectivity index (χ2n) is 7.84. The molecule has 188 valence electrons. The highest BCUT2D eigenvalue weighted by atomic mass is 35.5. The third kappa shape index (κ3) is 7.12. The molecule has 0 aliphatic carbocycles. The molecule has 0 unspecified atom stereocenters. The van der Waals surface area contributed by atoms with Crippen LogP contribution in [-0.4, -0.2) is 50.4 Å². The van der Waals surface area contributed by atoms with Gasteiger partial charge in [-0.15, -0.1) is 0 Å². The highest BCUT2D eigenvalue weighted by molar-refractivity contribution is 6.40. The van der Waals surface area contributed by atoms with Gasteiger partial charge in [0.2, 0.25) is 5.95 Å². The summed E-state index contributed by atoms with van der Waals surface area (Å²) < 4.78 is 0. The van der Waals surface area contributed by atoms with Gasteiger partial charge in [-0.3, -0.25) is 14.6 Å². The van der Waals surface area contributed by atoms with Crippen LogP contribution in [0.15, 0.2) is 42.7 Å². The van der Waals surface area contributed by atoms with Gasteiger partial charge >= 0.3 is 5.97 Å². The van der Waals surface area contributed by atoms with Gasteiger partial charge in [-0.25, -0.2) is 14.8 Å². The monoisotopic (exact) mass is 530 g/mol. The van der Waals surface area contributed by atoms with Crippen molar-refractivity contribution in [3.05, 3.63) is 75.3 Å². The Morgan fingerprint density at radius 1 is 1.03 bits per heavy atom. The summed E-state index contributed by atoms with van der Waals surface area (Å²) in [5.74, 6) is -1.93. The predicted octanol–water partition coefficient (Wildman–Crippen LogP) is 3.99. The fraction of sp³-hybridized carbons (Fsp3) is 0.250. The Kier molecular flexibility index (Phi) is 9.15. The Morgan fingerprint density at radius 2 is 1.69 bits per heavy atom. The van der Waals surface area contributed by atoms with Crippen molar-refractivity contribution < 1.29 is 19.5 Å². The largest absolute Gasteiger partial charge is 0.480 e. The van der Waals surface area contributed by atoms with Crippen LogP contribution < -0.4 is 16.0 Å². The molecule has 0 aliphatic heterocycles. The molecule has 36 heavy (non-hydrogen) atoms. The van der Waals surface area contributed by atoms with Gasteiger partial charge in [0.15, 0.2) is 0 Å². The van der Waals surface area contributed by atoms with Gasteiger partial charge < -0.3 is 21.1 Å². The molecule has 4 N–H and O–H groups in total. The van der Waals surface area contributed by atoms with Gasteiger partial charge in [0.1, 0.15) is 11.7 Å². The lowest BCUT2D eigenvalue weighted by Crippen LogP contribution is -2.33. The van der Waals surface area contributed by atoms with Crippen LogP contribution in [0.1, 0.15) is 45.4 Å². The Bertz CT molecular complexity index is 1250. The van der Waals surface area contributed by atoms with Crippen molar-refractivity contribution in [2.24, 2.45) is 0 Å². The van der Waals surface area contributed by atoms with Gasteiger partial charge in [-0.2, -0.15) is 0 Å². The molecule has 0 saturated carbocycles. The van der Waals surface area contributed by atoms with E-state index in [2.05, 4.69) is 30.9 Å². The molecule has 0 bridgehead atoms. The number of carbonyl (C=O) groups excluding carboxylic acids is 2. The minimum Gasteiger partial charge on any atom is -0.480 e. The molecule has 12 heteroatoms.